The zero-order valence-corrected chi connectivity index (χ0v) is 21.3. The number of aryl methyl sites for hydroxylation is 3. The first-order chi connectivity index (χ1) is 16.3. The summed E-state index contributed by atoms with van der Waals surface area (Å²) in [6.07, 6.45) is 1.83. The van der Waals surface area contributed by atoms with Gasteiger partial charge in [0.25, 0.3) is 0 Å². The van der Waals surface area contributed by atoms with Crippen molar-refractivity contribution in [1.29, 1.82) is 0 Å². The Kier molecular flexibility index (Phi) is 5.92. The van der Waals surface area contributed by atoms with Crippen molar-refractivity contribution in [1.82, 2.24) is 14.9 Å². The van der Waals surface area contributed by atoms with Crippen molar-refractivity contribution in [3.8, 4) is 5.69 Å². The predicted molar refractivity (Wildman–Crippen MR) is 144 cm³/mol. The number of rotatable bonds is 4. The van der Waals surface area contributed by atoms with E-state index in [1.165, 1.54) is 33.8 Å². The van der Waals surface area contributed by atoms with Crippen LogP contribution in [0.15, 0.2) is 72.9 Å². The third kappa shape index (κ3) is 3.99. The van der Waals surface area contributed by atoms with Gasteiger partial charge in [-0.05, 0) is 111 Å². The van der Waals surface area contributed by atoms with Gasteiger partial charge in [-0.1, -0.05) is 23.7 Å². The molecule has 1 saturated heterocycles. The monoisotopic (exact) mass is 486 g/mol. The van der Waals surface area contributed by atoms with E-state index in [2.05, 4.69) is 77.8 Å². The van der Waals surface area contributed by atoms with Crippen molar-refractivity contribution < 1.29 is 0 Å². The van der Waals surface area contributed by atoms with Crippen molar-refractivity contribution in [2.75, 3.05) is 4.90 Å². The largest absolute Gasteiger partial charge is 0.351 e. The van der Waals surface area contributed by atoms with E-state index in [1.54, 1.807) is 0 Å². The van der Waals surface area contributed by atoms with E-state index in [0.717, 1.165) is 11.4 Å². The van der Waals surface area contributed by atoms with Crippen LogP contribution in [0.2, 0.25) is 5.02 Å². The molecule has 2 aromatic heterocycles. The molecule has 0 aliphatic carbocycles. The maximum atomic E-state index is 6.20. The van der Waals surface area contributed by atoms with E-state index in [4.69, 9.17) is 23.8 Å². The van der Waals surface area contributed by atoms with Crippen LogP contribution in [-0.2, 0) is 0 Å². The number of hydrogen-bond acceptors (Lipinski definition) is 2. The molecule has 0 saturated carbocycles. The maximum Gasteiger partial charge on any atom is 0.174 e. The molecule has 2 atom stereocenters. The summed E-state index contributed by atoms with van der Waals surface area (Å²) in [5, 5.41) is 4.93. The van der Waals surface area contributed by atoms with Gasteiger partial charge in [0, 0.05) is 34.0 Å². The minimum atomic E-state index is -0.0856. The lowest BCUT2D eigenvalue weighted by Gasteiger charge is -2.28. The van der Waals surface area contributed by atoms with E-state index in [0.29, 0.717) is 10.1 Å². The standard InChI is InChI=1S/C28H27ClN4S/c1-17-13-18(2)15-23(14-17)32-19(3)16-24(20(32)4)27-26(25-7-5-6-12-30-25)31-28(34)33(27)22-10-8-21(29)9-11-22/h5-16,26-27H,1-4H3,(H,31,34)/t26-,27-/m0/s1. The average molecular weight is 487 g/mol. The van der Waals surface area contributed by atoms with Gasteiger partial charge in [-0.2, -0.15) is 0 Å². The summed E-state index contributed by atoms with van der Waals surface area (Å²) in [6.45, 7) is 8.64. The number of hydrogen-bond donors (Lipinski definition) is 1. The van der Waals surface area contributed by atoms with Crippen LogP contribution in [0.25, 0.3) is 5.69 Å². The zero-order valence-electron chi connectivity index (χ0n) is 19.7. The SMILES string of the molecule is Cc1cc(C)cc(-n2c(C)cc([C@H]3[C@H](c4ccccn4)NC(=S)N3c3ccc(Cl)cc3)c2C)c1. The summed E-state index contributed by atoms with van der Waals surface area (Å²) >= 11 is 12.1. The third-order valence-corrected chi connectivity index (χ3v) is 7.02. The molecular formula is C28H27ClN4S. The molecule has 4 aromatic rings. The van der Waals surface area contributed by atoms with E-state index in [9.17, 15) is 0 Å². The van der Waals surface area contributed by atoms with Crippen LogP contribution in [0.1, 0.15) is 45.9 Å². The number of nitrogens with zero attached hydrogens (tertiary/aromatic N) is 3. The van der Waals surface area contributed by atoms with Gasteiger partial charge in [0.05, 0.1) is 17.8 Å². The number of aromatic nitrogens is 2. The molecule has 34 heavy (non-hydrogen) atoms. The van der Waals surface area contributed by atoms with Crippen LogP contribution >= 0.6 is 23.8 Å². The van der Waals surface area contributed by atoms with Gasteiger partial charge in [-0.15, -0.1) is 0 Å². The molecule has 1 N–H and O–H groups in total. The van der Waals surface area contributed by atoms with Crippen LogP contribution in [0.4, 0.5) is 5.69 Å². The maximum absolute atomic E-state index is 6.20. The Balaban J connectivity index is 1.69. The molecule has 2 aromatic carbocycles. The lowest BCUT2D eigenvalue weighted by molar-refractivity contribution is 0.565. The molecule has 0 radical (unpaired) electrons. The molecule has 1 fully saturated rings. The van der Waals surface area contributed by atoms with Gasteiger partial charge >= 0.3 is 0 Å². The summed E-state index contributed by atoms with van der Waals surface area (Å²) < 4.78 is 2.34. The van der Waals surface area contributed by atoms with Crippen LogP contribution in [0.5, 0.6) is 0 Å². The van der Waals surface area contributed by atoms with Crippen molar-refractivity contribution in [3.05, 3.63) is 112 Å². The highest BCUT2D eigenvalue weighted by molar-refractivity contribution is 7.80. The number of nitrogens with one attached hydrogen (secondary N) is 1. The quantitative estimate of drug-likeness (QED) is 0.317. The second kappa shape index (κ2) is 8.90. The second-order valence-corrected chi connectivity index (χ2v) is 9.80. The lowest BCUT2D eigenvalue weighted by atomic mass is 9.96. The summed E-state index contributed by atoms with van der Waals surface area (Å²) in [6, 6.07) is 22.7. The Bertz CT molecular complexity index is 1340. The highest BCUT2D eigenvalue weighted by atomic mass is 35.5. The summed E-state index contributed by atoms with van der Waals surface area (Å²) in [5.74, 6) is 0. The highest BCUT2D eigenvalue weighted by Gasteiger charge is 2.42. The predicted octanol–water partition coefficient (Wildman–Crippen LogP) is 6.94. The fourth-order valence-corrected chi connectivity index (χ4v) is 5.59. The van der Waals surface area contributed by atoms with Crippen molar-refractivity contribution in [2.45, 2.75) is 39.8 Å². The fraction of sp³-hybridized carbons (Fsp3) is 0.214. The lowest BCUT2D eigenvalue weighted by Crippen LogP contribution is -2.29. The number of pyridine rings is 1. The van der Waals surface area contributed by atoms with E-state index >= 15 is 0 Å². The third-order valence-electron chi connectivity index (χ3n) is 6.46. The van der Waals surface area contributed by atoms with Crippen molar-refractivity contribution in [2.24, 2.45) is 0 Å². The first-order valence-corrected chi connectivity index (χ1v) is 12.2. The van der Waals surface area contributed by atoms with Gasteiger partial charge in [-0.25, -0.2) is 0 Å². The fourth-order valence-electron chi connectivity index (χ4n) is 5.11. The molecule has 0 unspecified atom stereocenters. The molecule has 6 heteroatoms. The Morgan fingerprint density at radius 2 is 1.59 bits per heavy atom. The van der Waals surface area contributed by atoms with Gasteiger partial charge in [0.2, 0.25) is 0 Å². The summed E-state index contributed by atoms with van der Waals surface area (Å²) in [5.41, 5.74) is 9.24. The van der Waals surface area contributed by atoms with E-state index in [1.807, 2.05) is 42.6 Å². The normalized spacial score (nSPS) is 17.8. The molecule has 0 bridgehead atoms. The molecule has 0 amide bonds. The molecule has 1 aliphatic heterocycles. The number of halogens is 1. The zero-order chi connectivity index (χ0) is 24.0. The Morgan fingerprint density at radius 3 is 2.24 bits per heavy atom. The molecular weight excluding hydrogens is 460 g/mol. The van der Waals surface area contributed by atoms with E-state index in [-0.39, 0.29) is 12.1 Å². The van der Waals surface area contributed by atoms with Gasteiger partial charge in [-0.3, -0.25) is 4.98 Å². The van der Waals surface area contributed by atoms with Crippen LogP contribution in [0.3, 0.4) is 0 Å². The molecule has 3 heterocycles. The van der Waals surface area contributed by atoms with Crippen LogP contribution in [0, 0.1) is 27.7 Å². The first kappa shape index (κ1) is 22.6. The minimum absolute atomic E-state index is 0.0607. The minimum Gasteiger partial charge on any atom is -0.351 e. The van der Waals surface area contributed by atoms with Gasteiger partial charge in [0.15, 0.2) is 5.11 Å². The Morgan fingerprint density at radius 1 is 0.882 bits per heavy atom. The number of benzene rings is 2. The van der Waals surface area contributed by atoms with Crippen molar-refractivity contribution in [3.63, 3.8) is 0 Å². The van der Waals surface area contributed by atoms with E-state index < -0.39 is 0 Å². The molecule has 0 spiro atoms. The molecule has 5 rings (SSSR count). The van der Waals surface area contributed by atoms with Crippen LogP contribution in [-0.4, -0.2) is 14.7 Å². The van der Waals surface area contributed by atoms with Crippen LogP contribution < -0.4 is 10.2 Å². The Labute approximate surface area is 211 Å². The van der Waals surface area contributed by atoms with Gasteiger partial charge in [0.1, 0.15) is 0 Å². The molecule has 172 valence electrons. The summed E-state index contributed by atoms with van der Waals surface area (Å²) in [7, 11) is 0. The van der Waals surface area contributed by atoms with Gasteiger partial charge < -0.3 is 14.8 Å². The molecule has 1 aliphatic rings. The smallest absolute Gasteiger partial charge is 0.174 e. The highest BCUT2D eigenvalue weighted by Crippen LogP contribution is 2.44. The topological polar surface area (TPSA) is 33.1 Å². The van der Waals surface area contributed by atoms with Crippen molar-refractivity contribution >= 4 is 34.6 Å². The number of anilines is 1. The molecule has 4 nitrogen and oxygen atoms in total. The first-order valence-electron chi connectivity index (χ1n) is 11.4. The summed E-state index contributed by atoms with van der Waals surface area (Å²) in [4.78, 5) is 6.87. The average Bonchev–Trinajstić information content (AvgIpc) is 3.29. The Hall–Kier alpha value is -3.15. The second-order valence-electron chi connectivity index (χ2n) is 8.98. The number of thiocarbonyl (C=S) groups is 1.